The number of nitrogens with zero attached hydrogens (tertiary/aromatic N) is 2. The van der Waals surface area contributed by atoms with Gasteiger partial charge >= 0.3 is 0 Å². The van der Waals surface area contributed by atoms with Crippen LogP contribution in [0, 0.1) is 12.8 Å². The van der Waals surface area contributed by atoms with E-state index >= 15 is 0 Å². The Morgan fingerprint density at radius 3 is 2.50 bits per heavy atom. The third-order valence-corrected chi connectivity index (χ3v) is 7.62. The van der Waals surface area contributed by atoms with Gasteiger partial charge in [0, 0.05) is 40.6 Å². The van der Waals surface area contributed by atoms with Crippen LogP contribution >= 0.6 is 23.1 Å². The number of aromatic nitrogens is 1. The molecule has 2 aromatic carbocycles. The van der Waals surface area contributed by atoms with Gasteiger partial charge in [-0.05, 0) is 56.2 Å². The Balaban J connectivity index is 1.37. The monoisotopic (exact) mass is 466 g/mol. The van der Waals surface area contributed by atoms with Gasteiger partial charge in [0.1, 0.15) is 5.75 Å². The van der Waals surface area contributed by atoms with E-state index in [0.29, 0.717) is 31.5 Å². The van der Waals surface area contributed by atoms with Crippen LogP contribution in [0.2, 0.25) is 0 Å². The molecule has 3 aromatic rings. The highest BCUT2D eigenvalue weighted by atomic mass is 32.2. The van der Waals surface area contributed by atoms with Gasteiger partial charge in [0.25, 0.3) is 5.91 Å². The zero-order valence-corrected chi connectivity index (χ0v) is 19.9. The van der Waals surface area contributed by atoms with Crippen LogP contribution < -0.4 is 4.74 Å². The molecule has 1 aliphatic rings. The van der Waals surface area contributed by atoms with Crippen LogP contribution in [0.25, 0.3) is 0 Å². The quantitative estimate of drug-likeness (QED) is 0.340. The predicted octanol–water partition coefficient (Wildman–Crippen LogP) is 5.49. The van der Waals surface area contributed by atoms with E-state index in [2.05, 4.69) is 10.4 Å². The van der Waals surface area contributed by atoms with Crippen molar-refractivity contribution in [3.63, 3.8) is 0 Å². The maximum absolute atomic E-state index is 13.3. The van der Waals surface area contributed by atoms with Crippen molar-refractivity contribution in [3.05, 3.63) is 75.7 Å². The molecule has 0 bridgehead atoms. The maximum Gasteiger partial charge on any atom is 0.254 e. The van der Waals surface area contributed by atoms with E-state index in [1.807, 2.05) is 60.4 Å². The van der Waals surface area contributed by atoms with Crippen LogP contribution in [0.4, 0.5) is 0 Å². The van der Waals surface area contributed by atoms with Crippen molar-refractivity contribution < 1.29 is 14.3 Å². The predicted molar refractivity (Wildman–Crippen MR) is 129 cm³/mol. The van der Waals surface area contributed by atoms with Crippen molar-refractivity contribution in [1.29, 1.82) is 0 Å². The Labute approximate surface area is 196 Å². The van der Waals surface area contributed by atoms with Crippen molar-refractivity contribution in [2.75, 3.05) is 20.2 Å². The number of thioether (sulfide) groups is 1. The van der Waals surface area contributed by atoms with Gasteiger partial charge in [0.15, 0.2) is 5.78 Å². The summed E-state index contributed by atoms with van der Waals surface area (Å²) in [6.07, 6.45) is 1.37. The standard InChI is InChI=1S/C25H26N2O3S2/c1-17-26-20(15-31-17)16-32-23-6-4-3-5-22(23)25(29)27-13-11-19(12-14-27)24(28)18-7-9-21(30-2)10-8-18/h3-10,15,19H,11-14,16H2,1-2H3. The van der Waals surface area contributed by atoms with E-state index in [4.69, 9.17) is 4.74 Å². The number of likely N-dealkylation sites (tertiary alicyclic amines) is 1. The Kier molecular flexibility index (Phi) is 7.27. The Morgan fingerprint density at radius 1 is 1.12 bits per heavy atom. The number of piperidine rings is 1. The summed E-state index contributed by atoms with van der Waals surface area (Å²) < 4.78 is 5.17. The second kappa shape index (κ2) is 10.3. The van der Waals surface area contributed by atoms with Crippen LogP contribution in [-0.2, 0) is 5.75 Å². The molecule has 1 amide bonds. The summed E-state index contributed by atoms with van der Waals surface area (Å²) in [6.45, 7) is 3.19. The Hall–Kier alpha value is -2.64. The first-order valence-electron chi connectivity index (χ1n) is 10.7. The fraction of sp³-hybridized carbons (Fsp3) is 0.320. The van der Waals surface area contributed by atoms with Crippen LogP contribution in [0.5, 0.6) is 5.75 Å². The first kappa shape index (κ1) is 22.6. The molecule has 7 heteroatoms. The number of aryl methyl sites for hydroxylation is 1. The molecule has 5 nitrogen and oxygen atoms in total. The number of Topliss-reactive ketones (excluding diaryl/α,β-unsaturated/α-hetero) is 1. The van der Waals surface area contributed by atoms with Crippen LogP contribution in [0.1, 0.15) is 44.3 Å². The molecule has 166 valence electrons. The van der Waals surface area contributed by atoms with Crippen LogP contribution in [0.15, 0.2) is 58.8 Å². The van der Waals surface area contributed by atoms with Crippen molar-refractivity contribution >= 4 is 34.8 Å². The van der Waals surface area contributed by atoms with Crippen molar-refractivity contribution in [2.24, 2.45) is 5.92 Å². The minimum atomic E-state index is -0.0510. The van der Waals surface area contributed by atoms with Gasteiger partial charge in [0.05, 0.1) is 23.4 Å². The second-order valence-corrected chi connectivity index (χ2v) is 9.88. The van der Waals surface area contributed by atoms with Crippen molar-refractivity contribution in [2.45, 2.75) is 30.4 Å². The van der Waals surface area contributed by atoms with Gasteiger partial charge in [0.2, 0.25) is 0 Å². The molecule has 0 atom stereocenters. The molecule has 0 unspecified atom stereocenters. The highest BCUT2D eigenvalue weighted by Crippen LogP contribution is 2.29. The molecular weight excluding hydrogens is 440 g/mol. The van der Waals surface area contributed by atoms with E-state index in [0.717, 1.165) is 32.7 Å². The molecule has 1 fully saturated rings. The maximum atomic E-state index is 13.3. The number of rotatable bonds is 7. The number of ketones is 1. The molecule has 1 aromatic heterocycles. The van der Waals surface area contributed by atoms with E-state index < -0.39 is 0 Å². The highest BCUT2D eigenvalue weighted by molar-refractivity contribution is 7.98. The second-order valence-electron chi connectivity index (χ2n) is 7.80. The zero-order chi connectivity index (χ0) is 22.5. The molecule has 32 heavy (non-hydrogen) atoms. The summed E-state index contributed by atoms with van der Waals surface area (Å²) in [7, 11) is 1.61. The summed E-state index contributed by atoms with van der Waals surface area (Å²) in [5.74, 6) is 1.62. The van der Waals surface area contributed by atoms with Crippen molar-refractivity contribution in [1.82, 2.24) is 9.88 Å². The van der Waals surface area contributed by atoms with E-state index in [1.54, 1.807) is 30.2 Å². The number of thiazole rings is 1. The average molecular weight is 467 g/mol. The lowest BCUT2D eigenvalue weighted by Gasteiger charge is -2.31. The summed E-state index contributed by atoms with van der Waals surface area (Å²) in [5, 5.41) is 3.12. The fourth-order valence-corrected chi connectivity index (χ4v) is 5.56. The summed E-state index contributed by atoms with van der Waals surface area (Å²) in [4.78, 5) is 33.5. The van der Waals surface area contributed by atoms with Gasteiger partial charge in [-0.1, -0.05) is 12.1 Å². The third kappa shape index (κ3) is 5.22. The molecule has 0 N–H and O–H groups in total. The van der Waals surface area contributed by atoms with E-state index in [1.165, 1.54) is 0 Å². The largest absolute Gasteiger partial charge is 0.497 e. The lowest BCUT2D eigenvalue weighted by Crippen LogP contribution is -2.40. The lowest BCUT2D eigenvalue weighted by molar-refractivity contribution is 0.0647. The number of benzene rings is 2. The minimum absolute atomic E-state index is 0.0397. The van der Waals surface area contributed by atoms with Crippen LogP contribution in [0.3, 0.4) is 0 Å². The topological polar surface area (TPSA) is 59.5 Å². The lowest BCUT2D eigenvalue weighted by atomic mass is 9.88. The van der Waals surface area contributed by atoms with Gasteiger partial charge in [-0.2, -0.15) is 0 Å². The van der Waals surface area contributed by atoms with Crippen LogP contribution in [-0.4, -0.2) is 41.8 Å². The number of hydrogen-bond acceptors (Lipinski definition) is 6. The first-order valence-corrected chi connectivity index (χ1v) is 12.5. The van der Waals surface area contributed by atoms with Gasteiger partial charge in [-0.15, -0.1) is 23.1 Å². The molecular formula is C25H26N2O3S2. The molecule has 4 rings (SSSR count). The average Bonchev–Trinajstić information content (AvgIpc) is 3.27. The fourth-order valence-electron chi connectivity index (χ4n) is 3.90. The molecule has 2 heterocycles. The van der Waals surface area contributed by atoms with E-state index in [9.17, 15) is 9.59 Å². The SMILES string of the molecule is COc1ccc(C(=O)C2CCN(C(=O)c3ccccc3SCc3csc(C)n3)CC2)cc1. The Bertz CT molecular complexity index is 1090. The molecule has 0 saturated carbocycles. The zero-order valence-electron chi connectivity index (χ0n) is 18.2. The smallest absolute Gasteiger partial charge is 0.254 e. The first-order chi connectivity index (χ1) is 15.5. The van der Waals surface area contributed by atoms with Gasteiger partial charge in [-0.25, -0.2) is 4.98 Å². The summed E-state index contributed by atoms with van der Waals surface area (Å²) >= 11 is 3.29. The van der Waals surface area contributed by atoms with Gasteiger partial charge < -0.3 is 9.64 Å². The molecule has 0 radical (unpaired) electrons. The number of hydrogen-bond donors (Lipinski definition) is 0. The highest BCUT2D eigenvalue weighted by Gasteiger charge is 2.29. The number of methoxy groups -OCH3 is 1. The van der Waals surface area contributed by atoms with Crippen molar-refractivity contribution in [3.8, 4) is 5.75 Å². The number of carbonyl (C=O) groups excluding carboxylic acids is 2. The third-order valence-electron chi connectivity index (χ3n) is 5.69. The number of amides is 1. The van der Waals surface area contributed by atoms with Gasteiger partial charge in [-0.3, -0.25) is 9.59 Å². The Morgan fingerprint density at radius 2 is 1.84 bits per heavy atom. The molecule has 0 aliphatic carbocycles. The minimum Gasteiger partial charge on any atom is -0.497 e. The normalized spacial score (nSPS) is 14.4. The molecule has 1 aliphatic heterocycles. The van der Waals surface area contributed by atoms with E-state index in [-0.39, 0.29) is 17.6 Å². The number of carbonyl (C=O) groups is 2. The molecule has 0 spiro atoms. The summed E-state index contributed by atoms with van der Waals surface area (Å²) in [6, 6.07) is 15.0. The molecule has 1 saturated heterocycles. The number of ether oxygens (including phenoxy) is 1. The summed E-state index contributed by atoms with van der Waals surface area (Å²) in [5.41, 5.74) is 2.47.